The minimum Gasteiger partial charge on any atom is -0.334 e. The van der Waals surface area contributed by atoms with Crippen molar-refractivity contribution >= 4 is 22.6 Å². The summed E-state index contributed by atoms with van der Waals surface area (Å²) < 4.78 is 3.56. The monoisotopic (exact) mass is 388 g/mol. The summed E-state index contributed by atoms with van der Waals surface area (Å²) in [6.45, 7) is 0.975. The lowest BCUT2D eigenvalue weighted by atomic mass is 10.1. The lowest BCUT2D eigenvalue weighted by Gasteiger charge is -2.09. The summed E-state index contributed by atoms with van der Waals surface area (Å²) >= 11 is 2.39. The number of imidazole rings is 1. The van der Waals surface area contributed by atoms with Gasteiger partial charge in [-0.15, -0.1) is 0 Å². The van der Waals surface area contributed by atoms with E-state index in [-0.39, 0.29) is 0 Å². The molecule has 3 rings (SSSR count). The predicted molar refractivity (Wildman–Crippen MR) is 94.3 cm³/mol. The van der Waals surface area contributed by atoms with Crippen LogP contribution in [0.3, 0.4) is 0 Å². The molecule has 3 heteroatoms. The number of aryl methyl sites for hydroxylation is 2. The van der Waals surface area contributed by atoms with Crippen molar-refractivity contribution in [3.8, 4) is 0 Å². The highest BCUT2D eigenvalue weighted by Gasteiger charge is 2.06. The Kier molecular flexibility index (Phi) is 4.70. The molecule has 0 saturated heterocycles. The molecule has 0 fully saturated rings. The predicted octanol–water partition coefficient (Wildman–Crippen LogP) is 4.32. The molecule has 0 spiro atoms. The second-order valence-corrected chi connectivity index (χ2v) is 6.20. The molecule has 0 aliphatic carbocycles. The standard InChI is InChI=1S/C18H17IN2/c19-17-9-5-4-8-16(17)14-18-20-11-13-21(18)12-10-15-6-2-1-3-7-15/h1-9,11,13H,10,12,14H2. The Labute approximate surface area is 139 Å². The molecule has 3 aromatic rings. The molecule has 106 valence electrons. The number of halogens is 1. The second-order valence-electron chi connectivity index (χ2n) is 5.04. The van der Waals surface area contributed by atoms with Gasteiger partial charge in [0.05, 0.1) is 0 Å². The van der Waals surface area contributed by atoms with E-state index in [0.29, 0.717) is 0 Å². The van der Waals surface area contributed by atoms with Crippen LogP contribution in [0.25, 0.3) is 0 Å². The van der Waals surface area contributed by atoms with Crippen molar-refractivity contribution < 1.29 is 0 Å². The van der Waals surface area contributed by atoms with Gasteiger partial charge in [0.2, 0.25) is 0 Å². The molecule has 0 aliphatic heterocycles. The number of hydrogen-bond acceptors (Lipinski definition) is 1. The van der Waals surface area contributed by atoms with E-state index in [1.54, 1.807) is 0 Å². The molecule has 0 atom stereocenters. The van der Waals surface area contributed by atoms with Crippen LogP contribution in [0.15, 0.2) is 67.0 Å². The number of hydrogen-bond donors (Lipinski definition) is 0. The zero-order chi connectivity index (χ0) is 14.5. The van der Waals surface area contributed by atoms with E-state index >= 15 is 0 Å². The van der Waals surface area contributed by atoms with Crippen molar-refractivity contribution in [1.82, 2.24) is 9.55 Å². The van der Waals surface area contributed by atoms with Gasteiger partial charge < -0.3 is 4.57 Å². The number of rotatable bonds is 5. The molecule has 0 N–H and O–H groups in total. The molecule has 0 aliphatic rings. The summed E-state index contributed by atoms with van der Waals surface area (Å²) in [5.41, 5.74) is 2.71. The zero-order valence-corrected chi connectivity index (χ0v) is 13.9. The largest absolute Gasteiger partial charge is 0.334 e. The molecule has 0 radical (unpaired) electrons. The van der Waals surface area contributed by atoms with Crippen LogP contribution in [0.5, 0.6) is 0 Å². The van der Waals surface area contributed by atoms with Gasteiger partial charge in [0, 0.05) is 28.9 Å². The SMILES string of the molecule is Ic1ccccc1Cc1nccn1CCc1ccccc1. The quantitative estimate of drug-likeness (QED) is 0.596. The highest BCUT2D eigenvalue weighted by molar-refractivity contribution is 14.1. The molecule has 0 saturated carbocycles. The third kappa shape index (κ3) is 3.73. The van der Waals surface area contributed by atoms with Gasteiger partial charge in [0.15, 0.2) is 0 Å². The molecule has 0 unspecified atom stereocenters. The fraction of sp³-hybridized carbons (Fsp3) is 0.167. The molecular formula is C18H17IN2. The van der Waals surface area contributed by atoms with Crippen LogP contribution >= 0.6 is 22.6 Å². The van der Waals surface area contributed by atoms with E-state index in [4.69, 9.17) is 0 Å². The number of aromatic nitrogens is 2. The molecule has 2 nitrogen and oxygen atoms in total. The normalized spacial score (nSPS) is 10.7. The van der Waals surface area contributed by atoms with Gasteiger partial charge in [-0.2, -0.15) is 0 Å². The molecule has 1 heterocycles. The van der Waals surface area contributed by atoms with Crippen LogP contribution in [0.1, 0.15) is 17.0 Å². The first-order valence-corrected chi connectivity index (χ1v) is 8.18. The molecule has 21 heavy (non-hydrogen) atoms. The van der Waals surface area contributed by atoms with Gasteiger partial charge in [-0.1, -0.05) is 48.5 Å². The number of nitrogens with zero attached hydrogens (tertiary/aromatic N) is 2. The Morgan fingerprint density at radius 1 is 0.952 bits per heavy atom. The van der Waals surface area contributed by atoms with E-state index in [1.807, 2.05) is 6.20 Å². The Bertz CT molecular complexity index is 704. The van der Waals surface area contributed by atoms with Crippen molar-refractivity contribution in [2.75, 3.05) is 0 Å². The van der Waals surface area contributed by atoms with Gasteiger partial charge in [-0.25, -0.2) is 4.98 Å². The van der Waals surface area contributed by atoms with Gasteiger partial charge >= 0.3 is 0 Å². The third-order valence-corrected chi connectivity index (χ3v) is 4.64. The summed E-state index contributed by atoms with van der Waals surface area (Å²) in [6.07, 6.45) is 5.90. The highest BCUT2D eigenvalue weighted by Crippen LogP contribution is 2.15. The summed E-state index contributed by atoms with van der Waals surface area (Å²) in [6, 6.07) is 19.1. The van der Waals surface area contributed by atoms with Crippen LogP contribution in [0.2, 0.25) is 0 Å². The van der Waals surface area contributed by atoms with E-state index < -0.39 is 0 Å². The fourth-order valence-electron chi connectivity index (χ4n) is 2.42. The topological polar surface area (TPSA) is 17.8 Å². The van der Waals surface area contributed by atoms with Crippen LogP contribution in [0, 0.1) is 3.57 Å². The van der Waals surface area contributed by atoms with Crippen molar-refractivity contribution in [1.29, 1.82) is 0 Å². The maximum absolute atomic E-state index is 4.52. The fourth-order valence-corrected chi connectivity index (χ4v) is 3.00. The summed E-state index contributed by atoms with van der Waals surface area (Å²) in [5.74, 6) is 1.13. The van der Waals surface area contributed by atoms with Crippen LogP contribution < -0.4 is 0 Å². The van der Waals surface area contributed by atoms with Crippen LogP contribution in [-0.4, -0.2) is 9.55 Å². The first-order chi connectivity index (χ1) is 10.3. The molecule has 0 amide bonds. The maximum Gasteiger partial charge on any atom is 0.113 e. The Morgan fingerprint density at radius 3 is 2.52 bits per heavy atom. The maximum atomic E-state index is 4.52. The Morgan fingerprint density at radius 2 is 1.71 bits per heavy atom. The minimum absolute atomic E-state index is 0.890. The molecule has 1 aromatic heterocycles. The van der Waals surface area contributed by atoms with Gasteiger partial charge in [-0.05, 0) is 46.2 Å². The second kappa shape index (κ2) is 6.89. The van der Waals surface area contributed by atoms with Crippen LogP contribution in [0.4, 0.5) is 0 Å². The molecule has 0 bridgehead atoms. The van der Waals surface area contributed by atoms with E-state index in [0.717, 1.165) is 25.2 Å². The molecule has 2 aromatic carbocycles. The van der Waals surface area contributed by atoms with Crippen molar-refractivity contribution in [2.45, 2.75) is 19.4 Å². The summed E-state index contributed by atoms with van der Waals surface area (Å²) in [5, 5.41) is 0. The third-order valence-electron chi connectivity index (χ3n) is 3.59. The average Bonchev–Trinajstić information content (AvgIpc) is 2.96. The van der Waals surface area contributed by atoms with Crippen molar-refractivity contribution in [2.24, 2.45) is 0 Å². The summed E-state index contributed by atoms with van der Waals surface area (Å²) in [4.78, 5) is 4.52. The highest BCUT2D eigenvalue weighted by atomic mass is 127. The average molecular weight is 388 g/mol. The van der Waals surface area contributed by atoms with Gasteiger partial charge in [-0.3, -0.25) is 0 Å². The van der Waals surface area contributed by atoms with Crippen molar-refractivity contribution in [3.63, 3.8) is 0 Å². The van der Waals surface area contributed by atoms with Crippen LogP contribution in [-0.2, 0) is 19.4 Å². The van der Waals surface area contributed by atoms with Crippen molar-refractivity contribution in [3.05, 3.63) is 87.5 Å². The van der Waals surface area contributed by atoms with Gasteiger partial charge in [0.1, 0.15) is 5.82 Å². The smallest absolute Gasteiger partial charge is 0.113 e. The first-order valence-electron chi connectivity index (χ1n) is 7.10. The Balaban J connectivity index is 1.71. The van der Waals surface area contributed by atoms with E-state index in [1.165, 1.54) is 14.7 Å². The molecular weight excluding hydrogens is 371 g/mol. The van der Waals surface area contributed by atoms with E-state index in [9.17, 15) is 0 Å². The lowest BCUT2D eigenvalue weighted by Crippen LogP contribution is -2.06. The van der Waals surface area contributed by atoms with E-state index in [2.05, 4.69) is 92.9 Å². The zero-order valence-electron chi connectivity index (χ0n) is 11.7. The Hall–Kier alpha value is -1.62. The van der Waals surface area contributed by atoms with Gasteiger partial charge in [0.25, 0.3) is 0 Å². The minimum atomic E-state index is 0.890. The first kappa shape index (κ1) is 14.3. The number of benzene rings is 2. The summed E-state index contributed by atoms with van der Waals surface area (Å²) in [7, 11) is 0. The lowest BCUT2D eigenvalue weighted by molar-refractivity contribution is 0.660.